The van der Waals surface area contributed by atoms with Crippen LogP contribution in [0, 0.1) is 5.92 Å². The summed E-state index contributed by atoms with van der Waals surface area (Å²) in [6.45, 7) is 3.58. The van der Waals surface area contributed by atoms with Gasteiger partial charge >= 0.3 is 5.97 Å². The van der Waals surface area contributed by atoms with Gasteiger partial charge in [-0.2, -0.15) is 0 Å². The molecule has 2 heterocycles. The third kappa shape index (κ3) is 1.93. The van der Waals surface area contributed by atoms with Gasteiger partial charge in [-0.25, -0.2) is 0 Å². The fraction of sp³-hybridized carbons (Fsp3) is 0.533. The molecule has 1 saturated heterocycles. The normalized spacial score (nSPS) is 31.9. The predicted molar refractivity (Wildman–Crippen MR) is 69.0 cm³/mol. The number of rotatable bonds is 5. The Bertz CT molecular complexity index is 551. The Balaban J connectivity index is 1.48. The van der Waals surface area contributed by atoms with E-state index in [0.717, 1.165) is 23.7 Å². The van der Waals surface area contributed by atoms with Gasteiger partial charge in [-0.1, -0.05) is 0 Å². The molecule has 0 radical (unpaired) electrons. The molecule has 1 aromatic rings. The van der Waals surface area contributed by atoms with Crippen molar-refractivity contribution in [3.8, 4) is 11.5 Å². The van der Waals surface area contributed by atoms with Gasteiger partial charge in [0.2, 0.25) is 0 Å². The highest BCUT2D eigenvalue weighted by Gasteiger charge is 2.63. The number of carbonyl (C=O) groups is 1. The van der Waals surface area contributed by atoms with E-state index in [4.69, 9.17) is 18.9 Å². The SMILES string of the molecule is CCOC(=O)C1C2Oc3ccc(OC[C@H]4CO4)cc3C21. The molecule has 1 aromatic carbocycles. The molecule has 2 fully saturated rings. The molecule has 3 aliphatic rings. The molecule has 3 unspecified atom stereocenters. The highest BCUT2D eigenvalue weighted by Crippen LogP contribution is 2.59. The van der Waals surface area contributed by atoms with Crippen LogP contribution in [-0.2, 0) is 14.3 Å². The van der Waals surface area contributed by atoms with E-state index in [-0.39, 0.29) is 30.0 Å². The zero-order valence-electron chi connectivity index (χ0n) is 11.2. The topological polar surface area (TPSA) is 57.3 Å². The molecular weight excluding hydrogens is 260 g/mol. The fourth-order valence-corrected chi connectivity index (χ4v) is 2.80. The number of esters is 1. The van der Waals surface area contributed by atoms with Gasteiger partial charge in [-0.3, -0.25) is 4.79 Å². The lowest BCUT2D eigenvalue weighted by molar-refractivity contribution is -0.145. The van der Waals surface area contributed by atoms with Crippen molar-refractivity contribution in [1.82, 2.24) is 0 Å². The molecule has 106 valence electrons. The van der Waals surface area contributed by atoms with E-state index in [2.05, 4.69) is 0 Å². The summed E-state index contributed by atoms with van der Waals surface area (Å²) >= 11 is 0. The maximum Gasteiger partial charge on any atom is 0.313 e. The van der Waals surface area contributed by atoms with Gasteiger partial charge in [-0.05, 0) is 25.1 Å². The summed E-state index contributed by atoms with van der Waals surface area (Å²) in [5.74, 6) is 1.48. The Morgan fingerprint density at radius 2 is 2.30 bits per heavy atom. The molecule has 0 N–H and O–H groups in total. The van der Waals surface area contributed by atoms with Gasteiger partial charge in [0.1, 0.15) is 36.2 Å². The Hall–Kier alpha value is -1.75. The number of ether oxygens (including phenoxy) is 4. The van der Waals surface area contributed by atoms with Crippen LogP contribution in [0.5, 0.6) is 11.5 Å². The smallest absolute Gasteiger partial charge is 0.313 e. The van der Waals surface area contributed by atoms with Crippen LogP contribution in [0.25, 0.3) is 0 Å². The number of hydrogen-bond donors (Lipinski definition) is 0. The summed E-state index contributed by atoms with van der Waals surface area (Å²) in [7, 11) is 0. The number of carbonyl (C=O) groups excluding carboxylic acids is 1. The fourth-order valence-electron chi connectivity index (χ4n) is 2.80. The zero-order valence-corrected chi connectivity index (χ0v) is 11.2. The van der Waals surface area contributed by atoms with Crippen molar-refractivity contribution in [2.24, 2.45) is 5.92 Å². The minimum Gasteiger partial charge on any atom is -0.491 e. The van der Waals surface area contributed by atoms with Crippen molar-refractivity contribution in [3.63, 3.8) is 0 Å². The molecule has 5 nitrogen and oxygen atoms in total. The Labute approximate surface area is 116 Å². The second-order valence-electron chi connectivity index (χ2n) is 5.35. The van der Waals surface area contributed by atoms with Crippen LogP contribution < -0.4 is 9.47 Å². The van der Waals surface area contributed by atoms with Gasteiger partial charge in [0, 0.05) is 11.5 Å². The molecule has 2 aliphatic heterocycles. The molecule has 0 aromatic heterocycles. The van der Waals surface area contributed by atoms with E-state index in [1.807, 2.05) is 25.1 Å². The third-order valence-electron chi connectivity index (χ3n) is 3.95. The molecular formula is C15H16O5. The van der Waals surface area contributed by atoms with Gasteiger partial charge in [0.05, 0.1) is 13.2 Å². The van der Waals surface area contributed by atoms with Gasteiger partial charge in [-0.15, -0.1) is 0 Å². The predicted octanol–water partition coefficient (Wildman–Crippen LogP) is 1.50. The Kier molecular flexibility index (Phi) is 2.63. The highest BCUT2D eigenvalue weighted by molar-refractivity contribution is 5.80. The molecule has 1 aliphatic carbocycles. The highest BCUT2D eigenvalue weighted by atomic mass is 16.6. The van der Waals surface area contributed by atoms with Gasteiger partial charge in [0.15, 0.2) is 0 Å². The first-order chi connectivity index (χ1) is 9.78. The van der Waals surface area contributed by atoms with Crippen LogP contribution in [0.4, 0.5) is 0 Å². The van der Waals surface area contributed by atoms with Gasteiger partial charge < -0.3 is 18.9 Å². The maximum absolute atomic E-state index is 11.8. The lowest BCUT2D eigenvalue weighted by atomic mass is 10.1. The average molecular weight is 276 g/mol. The van der Waals surface area contributed by atoms with Crippen LogP contribution in [0.2, 0.25) is 0 Å². The van der Waals surface area contributed by atoms with Crippen LogP contribution in [-0.4, -0.2) is 38.0 Å². The summed E-state index contributed by atoms with van der Waals surface area (Å²) in [4.78, 5) is 11.8. The number of benzene rings is 1. The summed E-state index contributed by atoms with van der Waals surface area (Å²) < 4.78 is 21.6. The Morgan fingerprint density at radius 1 is 1.45 bits per heavy atom. The quantitative estimate of drug-likeness (QED) is 0.602. The van der Waals surface area contributed by atoms with E-state index in [9.17, 15) is 4.79 Å². The summed E-state index contributed by atoms with van der Waals surface area (Å²) in [6.07, 6.45) is 0.187. The second kappa shape index (κ2) is 4.38. The summed E-state index contributed by atoms with van der Waals surface area (Å²) in [5.41, 5.74) is 1.06. The van der Waals surface area contributed by atoms with Crippen LogP contribution in [0.15, 0.2) is 18.2 Å². The molecule has 0 amide bonds. The van der Waals surface area contributed by atoms with E-state index < -0.39 is 0 Å². The van der Waals surface area contributed by atoms with E-state index >= 15 is 0 Å². The molecule has 5 heteroatoms. The minimum absolute atomic E-state index is 0.0499. The number of hydrogen-bond acceptors (Lipinski definition) is 5. The average Bonchev–Trinajstić information content (AvgIpc) is 3.34. The van der Waals surface area contributed by atoms with Crippen LogP contribution in [0.3, 0.4) is 0 Å². The maximum atomic E-state index is 11.8. The third-order valence-corrected chi connectivity index (χ3v) is 3.95. The molecule has 20 heavy (non-hydrogen) atoms. The van der Waals surface area contributed by atoms with Crippen LogP contribution >= 0.6 is 0 Å². The number of fused-ring (bicyclic) bond motifs is 3. The molecule has 4 atom stereocenters. The largest absolute Gasteiger partial charge is 0.491 e. The van der Waals surface area contributed by atoms with Gasteiger partial charge in [0.25, 0.3) is 0 Å². The molecule has 0 spiro atoms. The standard InChI is InChI=1S/C15H16O5/c1-2-17-15(16)13-12-10-5-8(18-6-9-7-19-9)3-4-11(10)20-14(12)13/h3-5,9,12-14H,2,6-7H2,1H3/t9-,12?,13?,14?/m0/s1. The van der Waals surface area contributed by atoms with E-state index in [1.54, 1.807) is 0 Å². The number of epoxide rings is 1. The van der Waals surface area contributed by atoms with Crippen molar-refractivity contribution in [2.45, 2.75) is 25.0 Å². The monoisotopic (exact) mass is 276 g/mol. The Morgan fingerprint density at radius 3 is 3.05 bits per heavy atom. The summed E-state index contributed by atoms with van der Waals surface area (Å²) in [5, 5.41) is 0. The summed E-state index contributed by atoms with van der Waals surface area (Å²) in [6, 6.07) is 5.78. The minimum atomic E-state index is -0.161. The van der Waals surface area contributed by atoms with Crippen molar-refractivity contribution < 1.29 is 23.7 Å². The van der Waals surface area contributed by atoms with Crippen molar-refractivity contribution in [2.75, 3.05) is 19.8 Å². The first-order valence-electron chi connectivity index (χ1n) is 6.99. The lowest BCUT2D eigenvalue weighted by Crippen LogP contribution is -2.13. The van der Waals surface area contributed by atoms with Crippen molar-refractivity contribution in [3.05, 3.63) is 23.8 Å². The second-order valence-corrected chi connectivity index (χ2v) is 5.35. The van der Waals surface area contributed by atoms with Crippen LogP contribution in [0.1, 0.15) is 18.4 Å². The lowest BCUT2D eigenvalue weighted by Gasteiger charge is -2.10. The molecule has 0 bridgehead atoms. The first-order valence-corrected chi connectivity index (χ1v) is 6.99. The van der Waals surface area contributed by atoms with Crippen molar-refractivity contribution >= 4 is 5.97 Å². The zero-order chi connectivity index (χ0) is 13.7. The van der Waals surface area contributed by atoms with E-state index in [0.29, 0.717) is 13.2 Å². The van der Waals surface area contributed by atoms with E-state index in [1.165, 1.54) is 0 Å². The van der Waals surface area contributed by atoms with Crippen molar-refractivity contribution in [1.29, 1.82) is 0 Å². The molecule has 1 saturated carbocycles. The first kappa shape index (κ1) is 12.0. The molecule has 4 rings (SSSR count).